The molecule has 0 bridgehead atoms. The lowest BCUT2D eigenvalue weighted by Crippen LogP contribution is -2.09. The molecule has 2 aromatic heterocycles. The van der Waals surface area contributed by atoms with E-state index in [-0.39, 0.29) is 0 Å². The average Bonchev–Trinajstić information content (AvgIpc) is 4.12. The molecule has 0 atom stereocenters. The first-order chi connectivity index (χ1) is 33.2. The smallest absolute Gasteiger partial charge is 0.0462 e. The van der Waals surface area contributed by atoms with E-state index in [1.807, 2.05) is 22.7 Å². The topological polar surface area (TPSA) is 3.24 Å². The largest absolute Gasteiger partial charge is 0.311 e. The molecule has 0 spiro atoms. The maximum atomic E-state index is 2.43. The average molecular weight is 890 g/mol. The standard InChI is InChI=1S/C64H43NS2/c1-5-17-45(18-6-1)59-37-39-61(66-59)48-21-15-23-50(41-48)63-55-29-13-14-30-56(55)64(51-24-16-22-49(42-51)62-40-38-60(67-62)46-19-7-2-8-20-46)58-43-47(33-36-57(58)63)44-31-34-54(35-32-44)65(52-25-9-3-10-26-52)53-27-11-4-12-28-53/h1-43H. The summed E-state index contributed by atoms with van der Waals surface area (Å²) in [7, 11) is 0. The minimum absolute atomic E-state index is 1.11. The summed E-state index contributed by atoms with van der Waals surface area (Å²) in [6.07, 6.45) is 0. The summed E-state index contributed by atoms with van der Waals surface area (Å²) in [5.41, 5.74) is 15.5. The number of benzene rings is 10. The van der Waals surface area contributed by atoms with E-state index in [9.17, 15) is 0 Å². The van der Waals surface area contributed by atoms with Crippen LogP contribution in [0.15, 0.2) is 261 Å². The predicted molar refractivity (Wildman–Crippen MR) is 290 cm³/mol. The van der Waals surface area contributed by atoms with Gasteiger partial charge in [-0.05, 0) is 156 Å². The fraction of sp³-hybridized carbons (Fsp3) is 0. The Kier molecular flexibility index (Phi) is 10.7. The Balaban J connectivity index is 1.02. The molecule has 0 saturated carbocycles. The summed E-state index contributed by atoms with van der Waals surface area (Å²) in [6, 6.07) is 95.1. The molecule has 316 valence electrons. The van der Waals surface area contributed by atoms with Gasteiger partial charge in [0, 0.05) is 36.6 Å². The molecule has 1 nitrogen and oxygen atoms in total. The number of rotatable bonds is 10. The second-order valence-corrected chi connectivity index (χ2v) is 19.0. The van der Waals surface area contributed by atoms with E-state index in [1.54, 1.807) is 0 Å². The fourth-order valence-electron chi connectivity index (χ4n) is 9.54. The van der Waals surface area contributed by atoms with Crippen LogP contribution in [0, 0.1) is 0 Å². The summed E-state index contributed by atoms with van der Waals surface area (Å²) >= 11 is 3.69. The van der Waals surface area contributed by atoms with Gasteiger partial charge in [-0.1, -0.05) is 182 Å². The highest BCUT2D eigenvalue weighted by Gasteiger charge is 2.20. The van der Waals surface area contributed by atoms with Crippen molar-refractivity contribution in [3.05, 3.63) is 261 Å². The molecule has 10 aromatic carbocycles. The Morgan fingerprint density at radius 1 is 0.209 bits per heavy atom. The van der Waals surface area contributed by atoms with Crippen LogP contribution in [0.25, 0.3) is 96.7 Å². The molecular weight excluding hydrogens is 847 g/mol. The molecule has 0 fully saturated rings. The zero-order valence-corrected chi connectivity index (χ0v) is 38.2. The zero-order chi connectivity index (χ0) is 44.5. The Morgan fingerprint density at radius 3 is 1.06 bits per heavy atom. The summed E-state index contributed by atoms with van der Waals surface area (Å²) in [5.74, 6) is 0. The van der Waals surface area contributed by atoms with Crippen LogP contribution in [0.2, 0.25) is 0 Å². The molecule has 12 rings (SSSR count). The van der Waals surface area contributed by atoms with Gasteiger partial charge in [0.15, 0.2) is 0 Å². The normalized spacial score (nSPS) is 11.3. The van der Waals surface area contributed by atoms with E-state index >= 15 is 0 Å². The van der Waals surface area contributed by atoms with Crippen LogP contribution >= 0.6 is 22.7 Å². The molecule has 0 unspecified atom stereocenters. The van der Waals surface area contributed by atoms with Gasteiger partial charge in [0.1, 0.15) is 0 Å². The summed E-state index contributed by atoms with van der Waals surface area (Å²) < 4.78 is 0. The molecule has 3 heteroatoms. The summed E-state index contributed by atoms with van der Waals surface area (Å²) in [4.78, 5) is 7.38. The minimum Gasteiger partial charge on any atom is -0.311 e. The summed E-state index contributed by atoms with van der Waals surface area (Å²) in [6.45, 7) is 0. The van der Waals surface area contributed by atoms with Crippen LogP contribution < -0.4 is 4.90 Å². The third-order valence-electron chi connectivity index (χ3n) is 12.7. The highest BCUT2D eigenvalue weighted by atomic mass is 32.1. The van der Waals surface area contributed by atoms with Crippen molar-refractivity contribution in [2.75, 3.05) is 4.90 Å². The highest BCUT2D eigenvalue weighted by molar-refractivity contribution is 7.19. The van der Waals surface area contributed by atoms with Gasteiger partial charge >= 0.3 is 0 Å². The van der Waals surface area contributed by atoms with Crippen molar-refractivity contribution in [3.63, 3.8) is 0 Å². The van der Waals surface area contributed by atoms with Crippen LogP contribution in [0.4, 0.5) is 17.1 Å². The number of hydrogen-bond acceptors (Lipinski definition) is 3. The molecule has 0 N–H and O–H groups in total. The van der Waals surface area contributed by atoms with E-state index in [4.69, 9.17) is 0 Å². The summed E-state index contributed by atoms with van der Waals surface area (Å²) in [5, 5.41) is 4.94. The van der Waals surface area contributed by atoms with Crippen molar-refractivity contribution in [2.24, 2.45) is 0 Å². The Bertz CT molecular complexity index is 3630. The maximum absolute atomic E-state index is 2.43. The van der Waals surface area contributed by atoms with Gasteiger partial charge in [-0.2, -0.15) is 0 Å². The second-order valence-electron chi connectivity index (χ2n) is 16.8. The molecule has 0 amide bonds. The zero-order valence-electron chi connectivity index (χ0n) is 36.6. The van der Waals surface area contributed by atoms with Crippen LogP contribution in [-0.2, 0) is 0 Å². The molecule has 2 heterocycles. The molecule has 67 heavy (non-hydrogen) atoms. The molecule has 12 aromatic rings. The molecule has 0 radical (unpaired) electrons. The van der Waals surface area contributed by atoms with Crippen molar-refractivity contribution in [1.82, 2.24) is 0 Å². The Morgan fingerprint density at radius 2 is 0.567 bits per heavy atom. The predicted octanol–water partition coefficient (Wildman–Crippen LogP) is 19.3. The van der Waals surface area contributed by atoms with Crippen LogP contribution in [0.3, 0.4) is 0 Å². The number of fused-ring (bicyclic) bond motifs is 2. The third kappa shape index (κ3) is 7.85. The first-order valence-electron chi connectivity index (χ1n) is 22.7. The molecule has 0 aliphatic carbocycles. The lowest BCUT2D eigenvalue weighted by molar-refractivity contribution is 1.28. The quantitative estimate of drug-likeness (QED) is 0.124. The number of anilines is 3. The second kappa shape index (κ2) is 17.7. The lowest BCUT2D eigenvalue weighted by Gasteiger charge is -2.25. The minimum atomic E-state index is 1.11. The van der Waals surface area contributed by atoms with Gasteiger partial charge in [-0.3, -0.25) is 0 Å². The number of para-hydroxylation sites is 2. The molecule has 0 aliphatic rings. The van der Waals surface area contributed by atoms with E-state index < -0.39 is 0 Å². The van der Waals surface area contributed by atoms with Gasteiger partial charge in [0.25, 0.3) is 0 Å². The van der Waals surface area contributed by atoms with E-state index in [0.717, 1.165) is 17.1 Å². The van der Waals surface area contributed by atoms with Gasteiger partial charge in [0.2, 0.25) is 0 Å². The van der Waals surface area contributed by atoms with Crippen LogP contribution in [0.1, 0.15) is 0 Å². The van der Waals surface area contributed by atoms with Crippen molar-refractivity contribution < 1.29 is 0 Å². The lowest BCUT2D eigenvalue weighted by atomic mass is 9.84. The van der Waals surface area contributed by atoms with E-state index in [0.29, 0.717) is 0 Å². The number of thiophene rings is 2. The van der Waals surface area contributed by atoms with Crippen molar-refractivity contribution >= 4 is 61.3 Å². The monoisotopic (exact) mass is 889 g/mol. The molecule has 0 aliphatic heterocycles. The van der Waals surface area contributed by atoms with Crippen molar-refractivity contribution in [3.8, 4) is 75.1 Å². The highest BCUT2D eigenvalue weighted by Crippen LogP contribution is 2.47. The van der Waals surface area contributed by atoms with Crippen LogP contribution in [-0.4, -0.2) is 0 Å². The van der Waals surface area contributed by atoms with Crippen molar-refractivity contribution in [1.29, 1.82) is 0 Å². The van der Waals surface area contributed by atoms with Gasteiger partial charge in [-0.25, -0.2) is 0 Å². The first-order valence-corrected chi connectivity index (χ1v) is 24.4. The van der Waals surface area contributed by atoms with Crippen LogP contribution in [0.5, 0.6) is 0 Å². The Labute approximate surface area is 399 Å². The van der Waals surface area contributed by atoms with Crippen molar-refractivity contribution in [2.45, 2.75) is 0 Å². The maximum Gasteiger partial charge on any atom is 0.0462 e. The van der Waals surface area contributed by atoms with Gasteiger partial charge < -0.3 is 4.90 Å². The SMILES string of the molecule is c1ccc(-c2ccc(-c3cccc(-c4c5ccccc5c(-c5cccc(-c6ccc(-c7ccccc7)s6)c5)c5cc(-c6ccc(N(c7ccccc7)c7ccccc7)cc6)ccc45)c3)s2)cc1. The van der Waals surface area contributed by atoms with E-state index in [1.165, 1.54) is 96.7 Å². The van der Waals surface area contributed by atoms with Gasteiger partial charge in [0.05, 0.1) is 0 Å². The first kappa shape index (κ1) is 40.4. The molecule has 0 saturated heterocycles. The Hall–Kier alpha value is -8.08. The number of hydrogen-bond donors (Lipinski definition) is 0. The van der Waals surface area contributed by atoms with E-state index in [2.05, 4.69) is 266 Å². The number of nitrogens with zero attached hydrogens (tertiary/aromatic N) is 1. The molecular formula is C64H43NS2. The third-order valence-corrected chi connectivity index (χ3v) is 15.1. The fourth-order valence-corrected chi connectivity index (χ4v) is 11.6. The van der Waals surface area contributed by atoms with Gasteiger partial charge in [-0.15, -0.1) is 22.7 Å².